The number of carbonyl (C=O) groups excluding carboxylic acids is 1. The van der Waals surface area contributed by atoms with Crippen LogP contribution in [0.4, 0.5) is 0 Å². The lowest BCUT2D eigenvalue weighted by Crippen LogP contribution is -2.86. The van der Waals surface area contributed by atoms with Crippen molar-refractivity contribution in [1.82, 2.24) is 0 Å². The van der Waals surface area contributed by atoms with Gasteiger partial charge in [-0.15, -0.1) is 0 Å². The summed E-state index contributed by atoms with van der Waals surface area (Å²) >= 11 is 0. The van der Waals surface area contributed by atoms with E-state index in [1.165, 1.54) is 70.6 Å². The summed E-state index contributed by atoms with van der Waals surface area (Å²) in [4.78, 5) is 11.7. The first-order chi connectivity index (χ1) is 17.3. The Morgan fingerprint density at radius 1 is 0.944 bits per heavy atom. The zero-order valence-corrected chi connectivity index (χ0v) is 23.5. The monoisotopic (exact) mass is 539 g/mol. The third kappa shape index (κ3) is 33.0. The summed E-state index contributed by atoms with van der Waals surface area (Å²) in [5.74, 6) is 0.0107. The van der Waals surface area contributed by atoms with E-state index in [9.17, 15) is 17.8 Å². The van der Waals surface area contributed by atoms with Crippen molar-refractivity contribution in [2.75, 3.05) is 40.0 Å². The molecule has 0 aliphatic rings. The molecule has 1 atom stereocenters. The van der Waals surface area contributed by atoms with Crippen LogP contribution in [0.3, 0.4) is 0 Å². The van der Waals surface area contributed by atoms with Crippen molar-refractivity contribution >= 4 is 16.4 Å². The molecule has 0 saturated carbocycles. The van der Waals surface area contributed by atoms with Crippen molar-refractivity contribution in [3.8, 4) is 0 Å². The lowest BCUT2D eigenvalue weighted by atomic mass is 10.1. The second-order valence-corrected chi connectivity index (χ2v) is 10.2. The topological polar surface area (TPSA) is 150 Å². The molecule has 0 amide bonds. The molecule has 0 aromatic heterocycles. The van der Waals surface area contributed by atoms with E-state index < -0.39 is 10.4 Å². The standard InChI is InChI=1S/C25H49NO4.CH4O4S/c1-2-3-4-5-6-7-8-9-10-11-12-13-14-15-16-17-25(29)30-21-19-26-22-24(23-28)18-20-27;1-5-6(2,3)4/h9-10,24,26-28H,2-8,11-23H2,1H3;1H3,(H,2,3,4)/b10-9+;. The van der Waals surface area contributed by atoms with Crippen molar-refractivity contribution in [2.24, 2.45) is 5.92 Å². The summed E-state index contributed by atoms with van der Waals surface area (Å²) in [6.07, 6.45) is 22.1. The van der Waals surface area contributed by atoms with Crippen molar-refractivity contribution < 1.29 is 42.2 Å². The van der Waals surface area contributed by atoms with Gasteiger partial charge in [-0.1, -0.05) is 70.4 Å². The van der Waals surface area contributed by atoms with Gasteiger partial charge in [-0.05, 0) is 38.5 Å². The number of ether oxygens (including phenoxy) is 1. The Balaban J connectivity index is 0. The number of unbranched alkanes of at least 4 members (excludes halogenated alkanes) is 11. The van der Waals surface area contributed by atoms with Crippen LogP contribution in [0.5, 0.6) is 0 Å². The largest absolute Gasteiger partial charge is 0.726 e. The number of aliphatic hydroxyl groups is 2. The number of quaternary nitrogens is 1. The molecule has 0 fully saturated rings. The molecule has 0 aromatic rings. The summed E-state index contributed by atoms with van der Waals surface area (Å²) in [7, 11) is -3.60. The Labute approximate surface area is 220 Å². The van der Waals surface area contributed by atoms with Gasteiger partial charge in [-0.25, -0.2) is 8.42 Å². The van der Waals surface area contributed by atoms with Crippen LogP contribution in [0, 0.1) is 5.92 Å². The quantitative estimate of drug-likeness (QED) is 0.0556. The molecule has 10 heteroatoms. The zero-order chi connectivity index (χ0) is 27.3. The predicted molar refractivity (Wildman–Crippen MR) is 141 cm³/mol. The molecule has 0 aliphatic carbocycles. The van der Waals surface area contributed by atoms with E-state index in [4.69, 9.17) is 14.9 Å². The summed E-state index contributed by atoms with van der Waals surface area (Å²) in [5, 5.41) is 20.1. The van der Waals surface area contributed by atoms with Gasteiger partial charge in [-0.3, -0.25) is 8.98 Å². The van der Waals surface area contributed by atoms with Crippen LogP contribution in [-0.4, -0.2) is 69.2 Å². The molecule has 0 spiro atoms. The lowest BCUT2D eigenvalue weighted by Gasteiger charge is -2.11. The van der Waals surface area contributed by atoms with Gasteiger partial charge in [0, 0.05) is 18.9 Å². The van der Waals surface area contributed by atoms with E-state index in [2.05, 4.69) is 23.3 Å². The molecule has 4 N–H and O–H groups in total. The van der Waals surface area contributed by atoms with Crippen LogP contribution in [0.2, 0.25) is 0 Å². The number of carbonyl (C=O) groups is 1. The number of aliphatic hydroxyl groups excluding tert-OH is 2. The Hall–Kier alpha value is -1.04. The van der Waals surface area contributed by atoms with Crippen LogP contribution in [-0.2, 0) is 24.1 Å². The van der Waals surface area contributed by atoms with Crippen LogP contribution in [0.1, 0.15) is 103 Å². The van der Waals surface area contributed by atoms with E-state index in [1.54, 1.807) is 0 Å². The predicted octanol–water partition coefficient (Wildman–Crippen LogP) is 3.21. The summed E-state index contributed by atoms with van der Waals surface area (Å²) in [5.41, 5.74) is 0. The van der Waals surface area contributed by atoms with Crippen molar-refractivity contribution in [3.05, 3.63) is 12.2 Å². The Bertz CT molecular complexity index is 599. The van der Waals surface area contributed by atoms with Crippen molar-refractivity contribution in [3.63, 3.8) is 0 Å². The molecule has 216 valence electrons. The minimum atomic E-state index is -4.41. The van der Waals surface area contributed by atoms with Gasteiger partial charge in [0.05, 0.1) is 20.3 Å². The molecular formula is C26H53NO8S. The fourth-order valence-corrected chi connectivity index (χ4v) is 3.49. The highest BCUT2D eigenvalue weighted by Crippen LogP contribution is 2.10. The molecule has 1 unspecified atom stereocenters. The summed E-state index contributed by atoms with van der Waals surface area (Å²) in [6.45, 7) is 4.33. The van der Waals surface area contributed by atoms with Gasteiger partial charge in [0.1, 0.15) is 13.2 Å². The van der Waals surface area contributed by atoms with E-state index in [1.807, 2.05) is 5.32 Å². The summed E-state index contributed by atoms with van der Waals surface area (Å²) < 4.78 is 36.3. The molecule has 0 bridgehead atoms. The van der Waals surface area contributed by atoms with Gasteiger partial charge in [0.15, 0.2) is 0 Å². The molecule has 0 aliphatic heterocycles. The SMILES string of the molecule is CCCCCCCC/C=C/CCCCCCCC(=O)OCC[NH2+]CC(CO)CCO.COS(=O)(=O)[O-]. The molecule has 36 heavy (non-hydrogen) atoms. The molecule has 0 radical (unpaired) electrons. The number of nitrogens with two attached hydrogens (primary N) is 1. The number of hydrogen-bond donors (Lipinski definition) is 3. The fraction of sp³-hybridized carbons (Fsp3) is 0.885. The molecular weight excluding hydrogens is 486 g/mol. The average Bonchev–Trinajstić information content (AvgIpc) is 2.85. The van der Waals surface area contributed by atoms with Crippen LogP contribution < -0.4 is 5.32 Å². The van der Waals surface area contributed by atoms with Crippen LogP contribution in [0.15, 0.2) is 12.2 Å². The maximum Gasteiger partial charge on any atom is 0.305 e. The number of esters is 1. The smallest absolute Gasteiger partial charge is 0.305 e. The second-order valence-electron chi connectivity index (χ2n) is 9.00. The maximum absolute atomic E-state index is 11.7. The second kappa shape index (κ2) is 28.5. The van der Waals surface area contributed by atoms with E-state index in [0.717, 1.165) is 26.5 Å². The van der Waals surface area contributed by atoms with Gasteiger partial charge < -0.3 is 24.8 Å². The van der Waals surface area contributed by atoms with Crippen LogP contribution >= 0.6 is 0 Å². The Morgan fingerprint density at radius 2 is 1.47 bits per heavy atom. The highest BCUT2D eigenvalue weighted by atomic mass is 32.3. The minimum absolute atomic E-state index is 0.0896. The van der Waals surface area contributed by atoms with Crippen molar-refractivity contribution in [1.29, 1.82) is 0 Å². The number of rotatable bonds is 24. The number of hydrogen-bond acceptors (Lipinski definition) is 8. The van der Waals surface area contributed by atoms with Crippen LogP contribution in [0.25, 0.3) is 0 Å². The highest BCUT2D eigenvalue weighted by molar-refractivity contribution is 7.80. The molecule has 0 rings (SSSR count). The fourth-order valence-electron chi connectivity index (χ4n) is 3.49. The third-order valence-electron chi connectivity index (χ3n) is 5.73. The normalized spacial score (nSPS) is 12.4. The molecule has 0 heterocycles. The van der Waals surface area contributed by atoms with E-state index in [0.29, 0.717) is 26.0 Å². The Morgan fingerprint density at radius 3 is 1.97 bits per heavy atom. The number of allylic oxidation sites excluding steroid dienone is 2. The molecule has 9 nitrogen and oxygen atoms in total. The first-order valence-corrected chi connectivity index (χ1v) is 15.0. The minimum Gasteiger partial charge on any atom is -0.726 e. The first-order valence-electron chi connectivity index (χ1n) is 13.7. The summed E-state index contributed by atoms with van der Waals surface area (Å²) in [6, 6.07) is 0. The highest BCUT2D eigenvalue weighted by Gasteiger charge is 2.09. The van der Waals surface area contributed by atoms with Gasteiger partial charge in [0.2, 0.25) is 10.4 Å². The molecule has 0 aromatic carbocycles. The third-order valence-corrected chi connectivity index (χ3v) is 6.14. The Kier molecular flexibility index (Phi) is 29.4. The van der Waals surface area contributed by atoms with E-state index >= 15 is 0 Å². The maximum atomic E-state index is 11.7. The first kappa shape index (κ1) is 37.1. The lowest BCUT2D eigenvalue weighted by molar-refractivity contribution is -0.661. The average molecular weight is 540 g/mol. The van der Waals surface area contributed by atoms with Gasteiger partial charge in [-0.2, -0.15) is 0 Å². The van der Waals surface area contributed by atoms with Gasteiger partial charge in [0.25, 0.3) is 0 Å². The van der Waals surface area contributed by atoms with Gasteiger partial charge >= 0.3 is 5.97 Å². The van der Waals surface area contributed by atoms with E-state index in [-0.39, 0.29) is 25.1 Å². The zero-order valence-electron chi connectivity index (χ0n) is 22.7. The van der Waals surface area contributed by atoms with Crippen molar-refractivity contribution in [2.45, 2.75) is 103 Å². The molecule has 0 saturated heterocycles.